The molecule has 23 heavy (non-hydrogen) atoms. The summed E-state index contributed by atoms with van der Waals surface area (Å²) in [5, 5.41) is 5.84. The Labute approximate surface area is 142 Å². The molecule has 2 aromatic rings. The van der Waals surface area contributed by atoms with Crippen LogP contribution >= 0.6 is 11.3 Å². The van der Waals surface area contributed by atoms with Gasteiger partial charge in [-0.25, -0.2) is 4.98 Å². The normalized spacial score (nSPS) is 11.2. The summed E-state index contributed by atoms with van der Waals surface area (Å²) in [7, 11) is 0. The molecule has 124 valence electrons. The Morgan fingerprint density at radius 3 is 2.52 bits per heavy atom. The van der Waals surface area contributed by atoms with Crippen molar-refractivity contribution in [1.82, 2.24) is 15.2 Å². The molecule has 0 fully saturated rings. The molecule has 1 aromatic heterocycles. The summed E-state index contributed by atoms with van der Waals surface area (Å²) in [6.07, 6.45) is 0. The molecule has 4 nitrogen and oxygen atoms in total. The highest BCUT2D eigenvalue weighted by atomic mass is 32.1. The second-order valence-electron chi connectivity index (χ2n) is 5.92. The molecule has 0 atom stereocenters. The first-order chi connectivity index (χ1) is 11.0. The van der Waals surface area contributed by atoms with E-state index in [1.54, 1.807) is 11.3 Å². The van der Waals surface area contributed by atoms with Gasteiger partial charge in [-0.2, -0.15) is 0 Å². The molecule has 0 bridgehead atoms. The topological polar surface area (TPSA) is 45.2 Å². The minimum atomic E-state index is -0.0550. The van der Waals surface area contributed by atoms with Crippen LogP contribution in [0.25, 0.3) is 0 Å². The van der Waals surface area contributed by atoms with Crippen LogP contribution in [0, 0.1) is 6.92 Å². The van der Waals surface area contributed by atoms with Crippen molar-refractivity contribution in [2.24, 2.45) is 0 Å². The van der Waals surface area contributed by atoms with Crippen LogP contribution in [0.1, 0.15) is 47.4 Å². The largest absolute Gasteiger partial charge is 0.346 e. The average molecular weight is 331 g/mol. The van der Waals surface area contributed by atoms with Gasteiger partial charge in [0.25, 0.3) is 5.91 Å². The molecule has 2 rings (SSSR count). The van der Waals surface area contributed by atoms with Gasteiger partial charge in [0.1, 0.15) is 5.01 Å². The second-order valence-corrected chi connectivity index (χ2v) is 6.86. The lowest BCUT2D eigenvalue weighted by atomic mass is 10.1. The molecule has 1 amide bonds. The van der Waals surface area contributed by atoms with Gasteiger partial charge in [-0.3, -0.25) is 9.69 Å². The van der Waals surface area contributed by atoms with E-state index in [0.29, 0.717) is 18.2 Å². The third-order valence-electron chi connectivity index (χ3n) is 3.81. The van der Waals surface area contributed by atoms with E-state index < -0.39 is 0 Å². The third kappa shape index (κ3) is 5.15. The molecular weight excluding hydrogens is 306 g/mol. The molecular formula is C18H25N3OS. The molecule has 1 heterocycles. The number of aryl methyl sites for hydroxylation is 1. The smallest absolute Gasteiger partial charge is 0.251 e. The quantitative estimate of drug-likeness (QED) is 0.843. The SMILES string of the molecule is CCN(Cc1ccc(C(=O)NCc2nc(C)cs2)cc1)C(C)C. The highest BCUT2D eigenvalue weighted by Gasteiger charge is 2.10. The highest BCUT2D eigenvalue weighted by molar-refractivity contribution is 7.09. The summed E-state index contributed by atoms with van der Waals surface area (Å²) in [5.74, 6) is -0.0550. The monoisotopic (exact) mass is 331 g/mol. The molecule has 1 aromatic carbocycles. The van der Waals surface area contributed by atoms with E-state index in [0.717, 1.165) is 23.8 Å². The fraction of sp³-hybridized carbons (Fsp3) is 0.444. The van der Waals surface area contributed by atoms with Crippen molar-refractivity contribution in [1.29, 1.82) is 0 Å². The Bertz CT molecular complexity index is 634. The molecule has 0 unspecified atom stereocenters. The number of hydrogen-bond donors (Lipinski definition) is 1. The molecule has 0 aliphatic heterocycles. The van der Waals surface area contributed by atoms with E-state index >= 15 is 0 Å². The number of carbonyl (C=O) groups excluding carboxylic acids is 1. The first-order valence-corrected chi connectivity index (χ1v) is 8.89. The van der Waals surface area contributed by atoms with Gasteiger partial charge in [-0.15, -0.1) is 11.3 Å². The number of thiazole rings is 1. The molecule has 0 saturated carbocycles. The summed E-state index contributed by atoms with van der Waals surface area (Å²) >= 11 is 1.57. The molecule has 0 aliphatic carbocycles. The van der Waals surface area contributed by atoms with Gasteiger partial charge in [0.15, 0.2) is 0 Å². The lowest BCUT2D eigenvalue weighted by Gasteiger charge is -2.24. The zero-order chi connectivity index (χ0) is 16.8. The molecule has 1 N–H and O–H groups in total. The third-order valence-corrected chi connectivity index (χ3v) is 4.77. The summed E-state index contributed by atoms with van der Waals surface area (Å²) in [6.45, 7) is 10.9. The average Bonchev–Trinajstić information content (AvgIpc) is 2.96. The van der Waals surface area contributed by atoms with Crippen LogP contribution in [0.4, 0.5) is 0 Å². The Morgan fingerprint density at radius 2 is 2.00 bits per heavy atom. The zero-order valence-electron chi connectivity index (χ0n) is 14.3. The van der Waals surface area contributed by atoms with Gasteiger partial charge < -0.3 is 5.32 Å². The van der Waals surface area contributed by atoms with Crippen LogP contribution in [0.3, 0.4) is 0 Å². The summed E-state index contributed by atoms with van der Waals surface area (Å²) in [5.41, 5.74) is 2.91. The maximum Gasteiger partial charge on any atom is 0.251 e. The Kier molecular flexibility index (Phi) is 6.30. The van der Waals surface area contributed by atoms with Gasteiger partial charge >= 0.3 is 0 Å². The van der Waals surface area contributed by atoms with E-state index in [4.69, 9.17) is 0 Å². The van der Waals surface area contributed by atoms with Crippen molar-refractivity contribution in [2.75, 3.05) is 6.54 Å². The van der Waals surface area contributed by atoms with Crippen molar-refractivity contribution in [3.63, 3.8) is 0 Å². The Morgan fingerprint density at radius 1 is 1.30 bits per heavy atom. The lowest BCUT2D eigenvalue weighted by molar-refractivity contribution is 0.0951. The minimum Gasteiger partial charge on any atom is -0.346 e. The van der Waals surface area contributed by atoms with Crippen molar-refractivity contribution < 1.29 is 4.79 Å². The minimum absolute atomic E-state index is 0.0550. The molecule has 0 radical (unpaired) electrons. The summed E-state index contributed by atoms with van der Waals surface area (Å²) < 4.78 is 0. The van der Waals surface area contributed by atoms with Crippen LogP contribution in [-0.2, 0) is 13.1 Å². The van der Waals surface area contributed by atoms with E-state index in [9.17, 15) is 4.79 Å². The van der Waals surface area contributed by atoms with E-state index in [-0.39, 0.29) is 5.91 Å². The number of carbonyl (C=O) groups is 1. The van der Waals surface area contributed by atoms with Gasteiger partial charge in [-0.1, -0.05) is 19.1 Å². The fourth-order valence-corrected chi connectivity index (χ4v) is 3.11. The van der Waals surface area contributed by atoms with Gasteiger partial charge in [0.2, 0.25) is 0 Å². The maximum atomic E-state index is 12.2. The lowest BCUT2D eigenvalue weighted by Crippen LogP contribution is -2.30. The van der Waals surface area contributed by atoms with Crippen molar-refractivity contribution in [3.05, 3.63) is 51.5 Å². The van der Waals surface area contributed by atoms with Gasteiger partial charge in [0.05, 0.1) is 6.54 Å². The maximum absolute atomic E-state index is 12.2. The Hall–Kier alpha value is -1.72. The van der Waals surface area contributed by atoms with Gasteiger partial charge in [0, 0.05) is 29.2 Å². The van der Waals surface area contributed by atoms with Crippen LogP contribution in [0.15, 0.2) is 29.6 Å². The van der Waals surface area contributed by atoms with Crippen molar-refractivity contribution >= 4 is 17.2 Å². The predicted molar refractivity (Wildman–Crippen MR) is 95.7 cm³/mol. The van der Waals surface area contributed by atoms with E-state index in [1.807, 2.05) is 36.6 Å². The van der Waals surface area contributed by atoms with Crippen LogP contribution in [0.2, 0.25) is 0 Å². The number of nitrogens with one attached hydrogen (secondary N) is 1. The number of hydrogen-bond acceptors (Lipinski definition) is 4. The molecule has 0 aliphatic rings. The molecule has 5 heteroatoms. The number of nitrogens with zero attached hydrogens (tertiary/aromatic N) is 2. The van der Waals surface area contributed by atoms with Crippen molar-refractivity contribution in [2.45, 2.75) is 46.8 Å². The highest BCUT2D eigenvalue weighted by Crippen LogP contribution is 2.11. The standard InChI is InChI=1S/C18H25N3OS/c1-5-21(13(2)3)11-15-6-8-16(9-7-15)18(22)19-10-17-20-14(4)12-23-17/h6-9,12-13H,5,10-11H2,1-4H3,(H,19,22). The number of benzene rings is 1. The van der Waals surface area contributed by atoms with E-state index in [2.05, 4.69) is 36.0 Å². The number of amides is 1. The number of rotatable bonds is 7. The summed E-state index contributed by atoms with van der Waals surface area (Å²) in [6, 6.07) is 8.38. The first kappa shape index (κ1) is 17.6. The zero-order valence-corrected chi connectivity index (χ0v) is 15.1. The second kappa shape index (κ2) is 8.22. The fourth-order valence-electron chi connectivity index (χ4n) is 2.40. The van der Waals surface area contributed by atoms with Crippen LogP contribution < -0.4 is 5.32 Å². The van der Waals surface area contributed by atoms with Crippen molar-refractivity contribution in [3.8, 4) is 0 Å². The Balaban J connectivity index is 1.91. The van der Waals surface area contributed by atoms with Crippen LogP contribution in [0.5, 0.6) is 0 Å². The predicted octanol–water partition coefficient (Wildman–Crippen LogP) is 3.61. The first-order valence-electron chi connectivity index (χ1n) is 8.01. The summed E-state index contributed by atoms with van der Waals surface area (Å²) in [4.78, 5) is 18.9. The molecule has 0 spiro atoms. The van der Waals surface area contributed by atoms with Gasteiger partial charge in [-0.05, 0) is 45.0 Å². The number of aromatic nitrogens is 1. The molecule has 0 saturated heterocycles. The van der Waals surface area contributed by atoms with Crippen LogP contribution in [-0.4, -0.2) is 28.4 Å². The van der Waals surface area contributed by atoms with E-state index in [1.165, 1.54) is 5.56 Å².